The maximum atomic E-state index is 10.9. The van der Waals surface area contributed by atoms with Crippen LogP contribution in [0.2, 0.25) is 0 Å². The fourth-order valence-electron chi connectivity index (χ4n) is 1.38. The lowest BCUT2D eigenvalue weighted by Gasteiger charge is -2.26. The minimum Gasteiger partial charge on any atom is -0.365 e. The van der Waals surface area contributed by atoms with Crippen LogP contribution < -0.4 is 16.0 Å². The molecular weight excluding hydrogens is 200 g/mol. The number of amides is 1. The predicted octanol–water partition coefficient (Wildman–Crippen LogP) is -0.348. The molecule has 1 fully saturated rings. The Hall–Kier alpha value is -1.14. The highest BCUT2D eigenvalue weighted by Crippen LogP contribution is 2.22. The Bertz CT molecular complexity index is 332. The van der Waals surface area contributed by atoms with Gasteiger partial charge in [0, 0.05) is 26.2 Å². The molecule has 14 heavy (non-hydrogen) atoms. The van der Waals surface area contributed by atoms with Crippen LogP contribution in [0.3, 0.4) is 0 Å². The number of nitrogens with zero attached hydrogens (tertiary/aromatic N) is 2. The zero-order valence-electron chi connectivity index (χ0n) is 7.69. The van der Waals surface area contributed by atoms with Gasteiger partial charge in [-0.05, 0) is 0 Å². The second-order valence-electron chi connectivity index (χ2n) is 3.11. The molecule has 1 aromatic rings. The summed E-state index contributed by atoms with van der Waals surface area (Å²) in [7, 11) is 0. The third-order valence-corrected chi connectivity index (χ3v) is 3.20. The molecule has 3 N–H and O–H groups in total. The number of primary amides is 1. The number of aromatic nitrogens is 1. The molecule has 0 unspecified atom stereocenters. The SMILES string of the molecule is NC(=O)c1cnc(N2CCNCC2)s1. The third-order valence-electron chi connectivity index (χ3n) is 2.12. The molecular formula is C8H12N4OS. The summed E-state index contributed by atoms with van der Waals surface area (Å²) < 4.78 is 0. The van der Waals surface area contributed by atoms with Crippen molar-refractivity contribution >= 4 is 22.4 Å². The van der Waals surface area contributed by atoms with Crippen LogP contribution in [-0.2, 0) is 0 Å². The van der Waals surface area contributed by atoms with E-state index in [-0.39, 0.29) is 0 Å². The summed E-state index contributed by atoms with van der Waals surface area (Å²) in [6, 6.07) is 0. The smallest absolute Gasteiger partial charge is 0.260 e. The van der Waals surface area contributed by atoms with Gasteiger partial charge in [0.05, 0.1) is 6.20 Å². The zero-order chi connectivity index (χ0) is 9.97. The van der Waals surface area contributed by atoms with Crippen molar-refractivity contribution in [1.29, 1.82) is 0 Å². The number of carbonyl (C=O) groups excluding carboxylic acids is 1. The Morgan fingerprint density at radius 1 is 1.57 bits per heavy atom. The number of piperazine rings is 1. The number of thiazole rings is 1. The first-order chi connectivity index (χ1) is 6.77. The maximum Gasteiger partial charge on any atom is 0.260 e. The fourth-order valence-corrected chi connectivity index (χ4v) is 2.20. The van der Waals surface area contributed by atoms with E-state index < -0.39 is 5.91 Å². The normalized spacial score (nSPS) is 17.0. The van der Waals surface area contributed by atoms with Gasteiger partial charge in [0.25, 0.3) is 5.91 Å². The van der Waals surface area contributed by atoms with E-state index in [4.69, 9.17) is 5.73 Å². The van der Waals surface area contributed by atoms with Crippen LogP contribution in [0.15, 0.2) is 6.20 Å². The Morgan fingerprint density at radius 2 is 2.29 bits per heavy atom. The van der Waals surface area contributed by atoms with Crippen LogP contribution in [0.1, 0.15) is 9.67 Å². The van der Waals surface area contributed by atoms with Gasteiger partial charge in [-0.15, -0.1) is 0 Å². The first-order valence-electron chi connectivity index (χ1n) is 4.48. The first-order valence-corrected chi connectivity index (χ1v) is 5.30. The van der Waals surface area contributed by atoms with E-state index in [1.165, 1.54) is 11.3 Å². The average Bonchev–Trinajstić information content (AvgIpc) is 2.68. The van der Waals surface area contributed by atoms with Gasteiger partial charge in [0.2, 0.25) is 0 Å². The van der Waals surface area contributed by atoms with E-state index in [1.807, 2.05) is 0 Å². The maximum absolute atomic E-state index is 10.9. The van der Waals surface area contributed by atoms with Gasteiger partial charge in [-0.25, -0.2) is 4.98 Å². The molecule has 6 heteroatoms. The van der Waals surface area contributed by atoms with Gasteiger partial charge in [-0.3, -0.25) is 4.79 Å². The van der Waals surface area contributed by atoms with Gasteiger partial charge in [-0.1, -0.05) is 11.3 Å². The number of nitrogens with one attached hydrogen (secondary N) is 1. The molecule has 1 aliphatic rings. The Kier molecular flexibility index (Phi) is 2.64. The molecule has 0 bridgehead atoms. The van der Waals surface area contributed by atoms with Gasteiger partial charge in [0.15, 0.2) is 5.13 Å². The number of hydrogen-bond donors (Lipinski definition) is 2. The number of nitrogens with two attached hydrogens (primary N) is 1. The number of anilines is 1. The van der Waals surface area contributed by atoms with Crippen LogP contribution in [0.4, 0.5) is 5.13 Å². The van der Waals surface area contributed by atoms with E-state index in [1.54, 1.807) is 6.20 Å². The molecule has 1 aliphatic heterocycles. The van der Waals surface area contributed by atoms with Crippen molar-refractivity contribution in [3.05, 3.63) is 11.1 Å². The molecule has 0 atom stereocenters. The van der Waals surface area contributed by atoms with Gasteiger partial charge < -0.3 is 16.0 Å². The lowest BCUT2D eigenvalue weighted by Crippen LogP contribution is -2.43. The quantitative estimate of drug-likeness (QED) is 0.703. The van der Waals surface area contributed by atoms with Crippen molar-refractivity contribution in [2.75, 3.05) is 31.1 Å². The van der Waals surface area contributed by atoms with Crippen molar-refractivity contribution < 1.29 is 4.79 Å². The summed E-state index contributed by atoms with van der Waals surface area (Å²) in [6.07, 6.45) is 1.55. The Morgan fingerprint density at radius 3 is 2.86 bits per heavy atom. The van der Waals surface area contributed by atoms with Crippen LogP contribution in [0, 0.1) is 0 Å². The van der Waals surface area contributed by atoms with E-state index in [9.17, 15) is 4.79 Å². The molecule has 0 saturated carbocycles. The van der Waals surface area contributed by atoms with Crippen LogP contribution in [0.25, 0.3) is 0 Å². The van der Waals surface area contributed by atoms with E-state index in [2.05, 4.69) is 15.2 Å². The molecule has 76 valence electrons. The second kappa shape index (κ2) is 3.93. The number of hydrogen-bond acceptors (Lipinski definition) is 5. The van der Waals surface area contributed by atoms with Gasteiger partial charge in [-0.2, -0.15) is 0 Å². The summed E-state index contributed by atoms with van der Waals surface area (Å²) in [5, 5.41) is 4.15. The molecule has 2 heterocycles. The van der Waals surface area contributed by atoms with E-state index >= 15 is 0 Å². The molecule has 0 aromatic carbocycles. The number of rotatable bonds is 2. The van der Waals surface area contributed by atoms with Crippen molar-refractivity contribution in [3.8, 4) is 0 Å². The zero-order valence-corrected chi connectivity index (χ0v) is 8.51. The van der Waals surface area contributed by atoms with Crippen molar-refractivity contribution in [2.24, 2.45) is 5.73 Å². The summed E-state index contributed by atoms with van der Waals surface area (Å²) in [4.78, 5) is 17.7. The van der Waals surface area contributed by atoms with Crippen LogP contribution in [0.5, 0.6) is 0 Å². The monoisotopic (exact) mass is 212 g/mol. The van der Waals surface area contributed by atoms with Gasteiger partial charge in [0.1, 0.15) is 4.88 Å². The highest BCUT2D eigenvalue weighted by Gasteiger charge is 2.15. The molecule has 5 nitrogen and oxygen atoms in total. The lowest BCUT2D eigenvalue weighted by molar-refractivity contribution is 0.100. The highest BCUT2D eigenvalue weighted by atomic mass is 32.1. The summed E-state index contributed by atoms with van der Waals surface area (Å²) >= 11 is 1.36. The summed E-state index contributed by atoms with van der Waals surface area (Å²) in [5.74, 6) is -0.399. The van der Waals surface area contributed by atoms with Crippen LogP contribution in [-0.4, -0.2) is 37.1 Å². The molecule has 0 spiro atoms. The standard InChI is InChI=1S/C8H12N4OS/c9-7(13)6-5-11-8(14-6)12-3-1-10-2-4-12/h5,10H,1-4H2,(H2,9,13). The van der Waals surface area contributed by atoms with Crippen molar-refractivity contribution in [3.63, 3.8) is 0 Å². The largest absolute Gasteiger partial charge is 0.365 e. The first kappa shape index (κ1) is 9.42. The predicted molar refractivity (Wildman–Crippen MR) is 55.7 cm³/mol. The van der Waals surface area contributed by atoms with Crippen molar-refractivity contribution in [1.82, 2.24) is 10.3 Å². The lowest BCUT2D eigenvalue weighted by atomic mass is 10.4. The van der Waals surface area contributed by atoms with E-state index in [0.29, 0.717) is 4.88 Å². The summed E-state index contributed by atoms with van der Waals surface area (Å²) in [5.41, 5.74) is 5.16. The average molecular weight is 212 g/mol. The Balaban J connectivity index is 2.11. The van der Waals surface area contributed by atoms with Crippen LogP contribution >= 0.6 is 11.3 Å². The topological polar surface area (TPSA) is 71.2 Å². The molecule has 0 aliphatic carbocycles. The molecule has 2 rings (SSSR count). The van der Waals surface area contributed by atoms with E-state index in [0.717, 1.165) is 31.3 Å². The molecule has 1 saturated heterocycles. The minimum atomic E-state index is -0.399. The third kappa shape index (κ3) is 1.85. The summed E-state index contributed by atoms with van der Waals surface area (Å²) in [6.45, 7) is 3.80. The van der Waals surface area contributed by atoms with Crippen molar-refractivity contribution in [2.45, 2.75) is 0 Å². The molecule has 0 radical (unpaired) electrons. The second-order valence-corrected chi connectivity index (χ2v) is 4.12. The number of carbonyl (C=O) groups is 1. The Labute approximate surface area is 85.9 Å². The molecule has 1 amide bonds. The minimum absolute atomic E-state index is 0.399. The fraction of sp³-hybridized carbons (Fsp3) is 0.500. The van der Waals surface area contributed by atoms with Gasteiger partial charge >= 0.3 is 0 Å². The molecule has 1 aromatic heterocycles. The highest BCUT2D eigenvalue weighted by molar-refractivity contribution is 7.17.